The Morgan fingerprint density at radius 3 is 2.27 bits per heavy atom. The first kappa shape index (κ1) is 12.9. The maximum absolute atomic E-state index is 11.8. The van der Waals surface area contributed by atoms with Gasteiger partial charge in [-0.15, -0.1) is 0 Å². The lowest BCUT2D eigenvalue weighted by atomic mass is 10.2. The largest absolute Gasteiger partial charge is 0.395 e. The van der Waals surface area contributed by atoms with Gasteiger partial charge in [0, 0.05) is 19.1 Å². The standard InChI is InChI=1S/C9H20N2O3S/c1-9(8-12)10-15(13,14)11-6-4-2-3-5-7-11/h9-10,12H,2-8H2,1H3. The SMILES string of the molecule is CC(CO)NS(=O)(=O)N1CCCCCC1. The number of rotatable bonds is 4. The fraction of sp³-hybridized carbons (Fsp3) is 1.00. The summed E-state index contributed by atoms with van der Waals surface area (Å²) < 4.78 is 27.6. The predicted octanol–water partition coefficient (Wildman–Crippen LogP) is 0.0776. The Bertz CT molecular complexity index is 271. The van der Waals surface area contributed by atoms with Gasteiger partial charge >= 0.3 is 0 Å². The van der Waals surface area contributed by atoms with Crippen molar-refractivity contribution in [1.82, 2.24) is 9.03 Å². The van der Waals surface area contributed by atoms with Gasteiger partial charge in [0.2, 0.25) is 0 Å². The molecule has 1 fully saturated rings. The van der Waals surface area contributed by atoms with E-state index in [2.05, 4.69) is 4.72 Å². The molecule has 2 N–H and O–H groups in total. The topological polar surface area (TPSA) is 69.6 Å². The van der Waals surface area contributed by atoms with Crippen molar-refractivity contribution < 1.29 is 13.5 Å². The third kappa shape index (κ3) is 4.06. The van der Waals surface area contributed by atoms with Crippen molar-refractivity contribution in [2.75, 3.05) is 19.7 Å². The lowest BCUT2D eigenvalue weighted by Gasteiger charge is -2.22. The summed E-state index contributed by atoms with van der Waals surface area (Å²) in [5, 5.41) is 8.81. The molecule has 1 aliphatic rings. The highest BCUT2D eigenvalue weighted by molar-refractivity contribution is 7.87. The van der Waals surface area contributed by atoms with E-state index in [1.165, 1.54) is 4.31 Å². The van der Waals surface area contributed by atoms with Crippen molar-refractivity contribution in [2.45, 2.75) is 38.6 Å². The first-order valence-corrected chi connectivity index (χ1v) is 6.88. The second-order valence-electron chi connectivity index (χ2n) is 4.02. The number of aliphatic hydroxyl groups is 1. The molecule has 0 aromatic carbocycles. The van der Waals surface area contributed by atoms with E-state index >= 15 is 0 Å². The van der Waals surface area contributed by atoms with Crippen LogP contribution in [0.2, 0.25) is 0 Å². The molecular formula is C9H20N2O3S. The van der Waals surface area contributed by atoms with Crippen LogP contribution < -0.4 is 4.72 Å². The molecule has 15 heavy (non-hydrogen) atoms. The summed E-state index contributed by atoms with van der Waals surface area (Å²) in [7, 11) is -3.39. The molecule has 0 aromatic rings. The molecule has 0 bridgehead atoms. The van der Waals surface area contributed by atoms with Crippen LogP contribution in [0.4, 0.5) is 0 Å². The second kappa shape index (κ2) is 5.79. The van der Waals surface area contributed by atoms with E-state index in [0.717, 1.165) is 25.7 Å². The van der Waals surface area contributed by atoms with E-state index < -0.39 is 16.3 Å². The fourth-order valence-corrected chi connectivity index (χ4v) is 3.12. The molecule has 1 aliphatic heterocycles. The van der Waals surface area contributed by atoms with Gasteiger partial charge in [0.1, 0.15) is 0 Å². The number of aliphatic hydroxyl groups excluding tert-OH is 1. The summed E-state index contributed by atoms with van der Waals surface area (Å²) in [5.41, 5.74) is 0. The highest BCUT2D eigenvalue weighted by atomic mass is 32.2. The predicted molar refractivity (Wildman–Crippen MR) is 58.6 cm³/mol. The summed E-state index contributed by atoms with van der Waals surface area (Å²) >= 11 is 0. The lowest BCUT2D eigenvalue weighted by Crippen LogP contribution is -2.45. The Kier molecular flexibility index (Phi) is 4.98. The molecule has 1 heterocycles. The minimum atomic E-state index is -3.39. The van der Waals surface area contributed by atoms with Crippen molar-refractivity contribution >= 4 is 10.2 Å². The van der Waals surface area contributed by atoms with Crippen LogP contribution in [-0.2, 0) is 10.2 Å². The molecule has 1 rings (SSSR count). The van der Waals surface area contributed by atoms with E-state index in [4.69, 9.17) is 5.11 Å². The van der Waals surface area contributed by atoms with Gasteiger partial charge in [0.25, 0.3) is 10.2 Å². The van der Waals surface area contributed by atoms with Crippen LogP contribution in [0.1, 0.15) is 32.6 Å². The average molecular weight is 236 g/mol. The van der Waals surface area contributed by atoms with Crippen molar-refractivity contribution in [3.63, 3.8) is 0 Å². The zero-order valence-corrected chi connectivity index (χ0v) is 9.96. The summed E-state index contributed by atoms with van der Waals surface area (Å²) in [6.07, 6.45) is 4.05. The van der Waals surface area contributed by atoms with E-state index in [0.29, 0.717) is 13.1 Å². The van der Waals surface area contributed by atoms with Gasteiger partial charge in [-0.1, -0.05) is 12.8 Å². The Morgan fingerprint density at radius 2 is 1.80 bits per heavy atom. The summed E-state index contributed by atoms with van der Waals surface area (Å²) in [6, 6.07) is -0.418. The molecule has 0 spiro atoms. The lowest BCUT2D eigenvalue weighted by molar-refractivity contribution is 0.262. The Labute approximate surface area is 91.7 Å². The second-order valence-corrected chi connectivity index (χ2v) is 5.72. The van der Waals surface area contributed by atoms with Crippen molar-refractivity contribution in [2.24, 2.45) is 0 Å². The molecular weight excluding hydrogens is 216 g/mol. The van der Waals surface area contributed by atoms with Gasteiger partial charge in [-0.25, -0.2) is 0 Å². The highest BCUT2D eigenvalue weighted by Gasteiger charge is 2.23. The van der Waals surface area contributed by atoms with E-state index in [1.54, 1.807) is 6.92 Å². The quantitative estimate of drug-likeness (QED) is 0.726. The molecule has 0 saturated carbocycles. The Hall–Kier alpha value is -0.170. The molecule has 0 aromatic heterocycles. The van der Waals surface area contributed by atoms with Crippen LogP contribution in [0.3, 0.4) is 0 Å². The molecule has 1 atom stereocenters. The van der Waals surface area contributed by atoms with Gasteiger partial charge in [0.15, 0.2) is 0 Å². The Morgan fingerprint density at radius 1 is 1.27 bits per heavy atom. The average Bonchev–Trinajstić information content (AvgIpc) is 2.45. The minimum Gasteiger partial charge on any atom is -0.395 e. The molecule has 6 heteroatoms. The third-order valence-corrected chi connectivity index (χ3v) is 4.27. The number of nitrogens with zero attached hydrogens (tertiary/aromatic N) is 1. The monoisotopic (exact) mass is 236 g/mol. The molecule has 1 unspecified atom stereocenters. The van der Waals surface area contributed by atoms with Gasteiger partial charge in [-0.2, -0.15) is 17.4 Å². The summed E-state index contributed by atoms with van der Waals surface area (Å²) in [5.74, 6) is 0. The smallest absolute Gasteiger partial charge is 0.279 e. The number of nitrogens with one attached hydrogen (secondary N) is 1. The molecule has 0 amide bonds. The van der Waals surface area contributed by atoms with Crippen LogP contribution in [0.15, 0.2) is 0 Å². The molecule has 0 radical (unpaired) electrons. The first-order chi connectivity index (χ1) is 7.06. The van der Waals surface area contributed by atoms with Gasteiger partial charge in [-0.05, 0) is 19.8 Å². The maximum Gasteiger partial charge on any atom is 0.279 e. The minimum absolute atomic E-state index is 0.174. The van der Waals surface area contributed by atoms with E-state index in [-0.39, 0.29) is 6.61 Å². The Balaban J connectivity index is 2.58. The molecule has 90 valence electrons. The first-order valence-electron chi connectivity index (χ1n) is 5.44. The van der Waals surface area contributed by atoms with Gasteiger partial charge < -0.3 is 5.11 Å². The molecule has 5 nitrogen and oxygen atoms in total. The molecule has 0 aliphatic carbocycles. The fourth-order valence-electron chi connectivity index (χ4n) is 1.65. The van der Waals surface area contributed by atoms with Crippen LogP contribution in [-0.4, -0.2) is 43.6 Å². The molecule has 1 saturated heterocycles. The third-order valence-electron chi connectivity index (χ3n) is 2.53. The zero-order valence-electron chi connectivity index (χ0n) is 9.15. The zero-order chi connectivity index (χ0) is 11.3. The van der Waals surface area contributed by atoms with E-state index in [1.807, 2.05) is 0 Å². The maximum atomic E-state index is 11.8. The van der Waals surface area contributed by atoms with E-state index in [9.17, 15) is 8.42 Å². The normalized spacial score (nSPS) is 22.3. The van der Waals surface area contributed by atoms with Crippen molar-refractivity contribution in [1.29, 1.82) is 0 Å². The van der Waals surface area contributed by atoms with Crippen LogP contribution in [0.5, 0.6) is 0 Å². The van der Waals surface area contributed by atoms with Gasteiger partial charge in [-0.3, -0.25) is 0 Å². The van der Waals surface area contributed by atoms with Gasteiger partial charge in [0.05, 0.1) is 6.61 Å². The number of hydrogen-bond acceptors (Lipinski definition) is 3. The summed E-state index contributed by atoms with van der Waals surface area (Å²) in [6.45, 7) is 2.66. The summed E-state index contributed by atoms with van der Waals surface area (Å²) in [4.78, 5) is 0. The van der Waals surface area contributed by atoms with Crippen molar-refractivity contribution in [3.8, 4) is 0 Å². The number of hydrogen-bond donors (Lipinski definition) is 2. The van der Waals surface area contributed by atoms with Crippen molar-refractivity contribution in [3.05, 3.63) is 0 Å². The van der Waals surface area contributed by atoms with Crippen LogP contribution in [0, 0.1) is 0 Å². The van der Waals surface area contributed by atoms with Crippen LogP contribution in [0.25, 0.3) is 0 Å². The highest BCUT2D eigenvalue weighted by Crippen LogP contribution is 2.12. The van der Waals surface area contributed by atoms with Crippen LogP contribution >= 0.6 is 0 Å².